The minimum atomic E-state index is -0.779. The Balaban J connectivity index is 2.18. The molecule has 0 aliphatic rings. The smallest absolute Gasteiger partial charge is 0.248 e. The summed E-state index contributed by atoms with van der Waals surface area (Å²) in [6.07, 6.45) is 0.160. The van der Waals surface area contributed by atoms with E-state index >= 15 is 0 Å². The highest BCUT2D eigenvalue weighted by Gasteiger charge is 2.39. The molecule has 2 atom stereocenters. The van der Waals surface area contributed by atoms with Gasteiger partial charge in [0.25, 0.3) is 0 Å². The van der Waals surface area contributed by atoms with Crippen LogP contribution in [0.1, 0.15) is 44.6 Å². The number of hydrogen-bond acceptors (Lipinski definition) is 5. The molecule has 1 amide bonds. The summed E-state index contributed by atoms with van der Waals surface area (Å²) in [7, 11) is 0. The van der Waals surface area contributed by atoms with Crippen LogP contribution in [0.5, 0.6) is 0 Å². The van der Waals surface area contributed by atoms with E-state index in [4.69, 9.17) is 5.73 Å². The van der Waals surface area contributed by atoms with Gasteiger partial charge in [-0.25, -0.2) is 22.8 Å². The van der Waals surface area contributed by atoms with E-state index in [1.807, 2.05) is 51.1 Å². The molecule has 0 aliphatic carbocycles. The quantitative estimate of drug-likeness (QED) is 0.438. The Morgan fingerprint density at radius 1 is 1.17 bits per heavy atom. The number of aliphatic hydroxyl groups is 1. The second-order valence-electron chi connectivity index (χ2n) is 9.78. The third kappa shape index (κ3) is 6.50. The number of aliphatic hydroxyl groups excluding tert-OH is 1. The molecule has 0 saturated carbocycles. The van der Waals surface area contributed by atoms with Crippen LogP contribution in [0.4, 0.5) is 13.2 Å². The number of amides is 1. The van der Waals surface area contributed by atoms with E-state index in [1.54, 1.807) is 4.68 Å². The molecule has 0 bridgehead atoms. The van der Waals surface area contributed by atoms with E-state index in [1.165, 1.54) is 4.90 Å². The van der Waals surface area contributed by atoms with Crippen molar-refractivity contribution >= 4 is 5.91 Å². The summed E-state index contributed by atoms with van der Waals surface area (Å²) in [5.74, 6) is -1.64. The lowest BCUT2D eigenvalue weighted by atomic mass is 9.84. The van der Waals surface area contributed by atoms with Gasteiger partial charge in [-0.15, -0.1) is 0 Å². The standard InChI is InChI=1S/C26H32F3N5O2/c1-26(2,3)23(33(22(36)16-35)12-11-19(30)14-27)25-31-24(20-13-18(28)9-10-21(20)29)32-34(25)15-17-7-5-4-6-8-17/h4-10,13,19,23,35H,11-12,14-16,30H2,1-3H3/t19-,23?/m1/s1. The lowest BCUT2D eigenvalue weighted by Crippen LogP contribution is -2.45. The average molecular weight is 504 g/mol. The fraction of sp³-hybridized carbons (Fsp3) is 0.423. The van der Waals surface area contributed by atoms with E-state index in [0.29, 0.717) is 5.82 Å². The maximum Gasteiger partial charge on any atom is 0.248 e. The number of carbonyl (C=O) groups is 1. The van der Waals surface area contributed by atoms with Gasteiger partial charge >= 0.3 is 0 Å². The van der Waals surface area contributed by atoms with Gasteiger partial charge in [0.2, 0.25) is 5.91 Å². The Kier molecular flexibility index (Phi) is 8.86. The highest BCUT2D eigenvalue weighted by Crippen LogP contribution is 2.39. The van der Waals surface area contributed by atoms with Crippen molar-refractivity contribution in [3.05, 3.63) is 71.6 Å². The highest BCUT2D eigenvalue weighted by molar-refractivity contribution is 5.77. The molecule has 3 rings (SSSR count). The van der Waals surface area contributed by atoms with Crippen LogP contribution in [0.15, 0.2) is 48.5 Å². The van der Waals surface area contributed by atoms with Gasteiger partial charge in [0.1, 0.15) is 24.9 Å². The predicted octanol–water partition coefficient (Wildman–Crippen LogP) is 3.87. The number of rotatable bonds is 10. The molecule has 3 N–H and O–H groups in total. The third-order valence-electron chi connectivity index (χ3n) is 5.82. The molecule has 1 unspecified atom stereocenters. The molecule has 10 heteroatoms. The molecule has 194 valence electrons. The summed E-state index contributed by atoms with van der Waals surface area (Å²) >= 11 is 0. The first-order valence-corrected chi connectivity index (χ1v) is 11.7. The molecule has 36 heavy (non-hydrogen) atoms. The van der Waals surface area contributed by atoms with Crippen molar-refractivity contribution in [2.75, 3.05) is 19.8 Å². The van der Waals surface area contributed by atoms with Crippen molar-refractivity contribution in [3.8, 4) is 11.4 Å². The maximum absolute atomic E-state index is 14.6. The highest BCUT2D eigenvalue weighted by atomic mass is 19.1. The van der Waals surface area contributed by atoms with E-state index in [-0.39, 0.29) is 30.9 Å². The fourth-order valence-electron chi connectivity index (χ4n) is 4.08. The maximum atomic E-state index is 14.6. The molecule has 0 radical (unpaired) electrons. The average Bonchev–Trinajstić information content (AvgIpc) is 3.24. The number of carbonyl (C=O) groups excluding carboxylic acids is 1. The van der Waals surface area contributed by atoms with Crippen molar-refractivity contribution in [1.29, 1.82) is 0 Å². The van der Waals surface area contributed by atoms with Gasteiger partial charge in [-0.05, 0) is 35.6 Å². The zero-order valence-electron chi connectivity index (χ0n) is 20.7. The Morgan fingerprint density at radius 2 is 1.86 bits per heavy atom. The Labute approximate surface area is 208 Å². The predicted molar refractivity (Wildman–Crippen MR) is 130 cm³/mol. The van der Waals surface area contributed by atoms with Gasteiger partial charge in [-0.1, -0.05) is 51.1 Å². The second kappa shape index (κ2) is 11.7. The lowest BCUT2D eigenvalue weighted by molar-refractivity contribution is -0.139. The molecule has 0 aliphatic heterocycles. The zero-order valence-corrected chi connectivity index (χ0v) is 20.7. The first kappa shape index (κ1) is 27.3. The molecular weight excluding hydrogens is 471 g/mol. The van der Waals surface area contributed by atoms with E-state index in [0.717, 1.165) is 23.8 Å². The summed E-state index contributed by atoms with van der Waals surface area (Å²) in [4.78, 5) is 18.9. The first-order chi connectivity index (χ1) is 17.0. The first-order valence-electron chi connectivity index (χ1n) is 11.7. The largest absolute Gasteiger partial charge is 0.387 e. The molecule has 1 aromatic heterocycles. The molecule has 2 aromatic carbocycles. The zero-order chi connectivity index (χ0) is 26.5. The summed E-state index contributed by atoms with van der Waals surface area (Å²) in [5.41, 5.74) is 5.89. The summed E-state index contributed by atoms with van der Waals surface area (Å²) in [6, 6.07) is 10.9. The number of alkyl halides is 1. The second-order valence-corrected chi connectivity index (χ2v) is 9.78. The van der Waals surface area contributed by atoms with Gasteiger partial charge in [-0.3, -0.25) is 4.79 Å². The molecule has 1 heterocycles. The van der Waals surface area contributed by atoms with Crippen molar-refractivity contribution in [3.63, 3.8) is 0 Å². The number of halogens is 3. The Bertz CT molecular complexity index is 1160. The molecule has 0 saturated heterocycles. The summed E-state index contributed by atoms with van der Waals surface area (Å²) < 4.78 is 43.2. The Morgan fingerprint density at radius 3 is 2.47 bits per heavy atom. The lowest BCUT2D eigenvalue weighted by Gasteiger charge is -2.39. The third-order valence-corrected chi connectivity index (χ3v) is 5.82. The van der Waals surface area contributed by atoms with Crippen molar-refractivity contribution in [1.82, 2.24) is 19.7 Å². The van der Waals surface area contributed by atoms with Crippen molar-refractivity contribution in [2.24, 2.45) is 11.1 Å². The summed E-state index contributed by atoms with van der Waals surface area (Å²) in [6.45, 7) is 4.44. The Hall–Kier alpha value is -3.24. The number of nitrogens with two attached hydrogens (primary N) is 1. The minimum Gasteiger partial charge on any atom is -0.387 e. The van der Waals surface area contributed by atoms with Crippen LogP contribution >= 0.6 is 0 Å². The van der Waals surface area contributed by atoms with Crippen LogP contribution in [0.25, 0.3) is 11.4 Å². The van der Waals surface area contributed by atoms with Crippen LogP contribution in [-0.2, 0) is 11.3 Å². The van der Waals surface area contributed by atoms with Gasteiger partial charge in [-0.2, -0.15) is 5.10 Å². The van der Waals surface area contributed by atoms with Crippen LogP contribution in [0.2, 0.25) is 0 Å². The van der Waals surface area contributed by atoms with Gasteiger partial charge in [0, 0.05) is 12.6 Å². The molecular formula is C26H32F3N5O2. The SMILES string of the molecule is CC(C)(C)C(c1nc(-c2cc(F)ccc2F)nn1Cc1ccccc1)N(CC[C@@H](N)CF)C(=O)CO. The van der Waals surface area contributed by atoms with Crippen molar-refractivity contribution in [2.45, 2.75) is 45.8 Å². The van der Waals surface area contributed by atoms with E-state index in [9.17, 15) is 23.1 Å². The number of nitrogens with zero attached hydrogens (tertiary/aromatic N) is 4. The number of aromatic nitrogens is 3. The van der Waals surface area contributed by atoms with Crippen molar-refractivity contribution < 1.29 is 23.1 Å². The number of benzene rings is 2. The molecule has 7 nitrogen and oxygen atoms in total. The summed E-state index contributed by atoms with van der Waals surface area (Å²) in [5, 5.41) is 14.2. The van der Waals surface area contributed by atoms with Crippen LogP contribution < -0.4 is 5.73 Å². The van der Waals surface area contributed by atoms with Crippen LogP contribution in [-0.4, -0.2) is 56.5 Å². The van der Waals surface area contributed by atoms with Gasteiger partial charge in [0.15, 0.2) is 11.6 Å². The van der Waals surface area contributed by atoms with Gasteiger partial charge in [0.05, 0.1) is 18.2 Å². The van der Waals surface area contributed by atoms with Gasteiger partial charge < -0.3 is 15.7 Å². The van der Waals surface area contributed by atoms with E-state index in [2.05, 4.69) is 10.1 Å². The fourth-order valence-corrected chi connectivity index (χ4v) is 4.08. The topological polar surface area (TPSA) is 97.3 Å². The van der Waals surface area contributed by atoms with Crippen LogP contribution in [0, 0.1) is 17.0 Å². The number of hydrogen-bond donors (Lipinski definition) is 2. The van der Waals surface area contributed by atoms with Crippen LogP contribution in [0.3, 0.4) is 0 Å². The molecule has 0 fully saturated rings. The monoisotopic (exact) mass is 503 g/mol. The minimum absolute atomic E-state index is 0.0379. The van der Waals surface area contributed by atoms with E-state index < -0.39 is 48.3 Å². The normalized spacial score (nSPS) is 13.4. The molecule has 3 aromatic rings. The molecule has 0 spiro atoms.